The van der Waals surface area contributed by atoms with Crippen molar-refractivity contribution in [2.45, 2.75) is 25.2 Å². The molecule has 2 saturated heterocycles. The number of carbonyl (C=O) groups is 1. The Hall–Kier alpha value is -2.30. The molecular formula is C20H27N5O4S. The number of rotatable bonds is 6. The van der Waals surface area contributed by atoms with Crippen molar-refractivity contribution in [1.82, 2.24) is 24.4 Å². The van der Waals surface area contributed by atoms with Crippen molar-refractivity contribution in [3.05, 3.63) is 47.5 Å². The van der Waals surface area contributed by atoms with Gasteiger partial charge in [0.05, 0.1) is 36.4 Å². The van der Waals surface area contributed by atoms with Gasteiger partial charge in [-0.2, -0.15) is 5.10 Å². The van der Waals surface area contributed by atoms with Gasteiger partial charge in [-0.05, 0) is 37.0 Å². The Labute approximate surface area is 176 Å². The van der Waals surface area contributed by atoms with Crippen molar-refractivity contribution in [2.75, 3.05) is 45.1 Å². The van der Waals surface area contributed by atoms with Gasteiger partial charge in [0.1, 0.15) is 0 Å². The van der Waals surface area contributed by atoms with Crippen molar-refractivity contribution < 1.29 is 17.9 Å². The maximum atomic E-state index is 12.9. The molecule has 2 aromatic rings. The van der Waals surface area contributed by atoms with Crippen LogP contribution >= 0.6 is 0 Å². The van der Waals surface area contributed by atoms with Gasteiger partial charge in [0.2, 0.25) is 10.0 Å². The summed E-state index contributed by atoms with van der Waals surface area (Å²) < 4.78 is 32.8. The van der Waals surface area contributed by atoms with Crippen LogP contribution in [0.1, 0.15) is 40.4 Å². The number of H-pyrrole nitrogens is 1. The molecule has 1 atom stereocenters. The maximum Gasteiger partial charge on any atom is 0.257 e. The van der Waals surface area contributed by atoms with E-state index in [2.05, 4.69) is 15.2 Å². The summed E-state index contributed by atoms with van der Waals surface area (Å²) in [5.41, 5.74) is 2.23. The van der Waals surface area contributed by atoms with Gasteiger partial charge < -0.3 is 9.64 Å². The van der Waals surface area contributed by atoms with Crippen molar-refractivity contribution in [2.24, 2.45) is 0 Å². The summed E-state index contributed by atoms with van der Waals surface area (Å²) in [6.45, 7) is 3.06. The Balaban J connectivity index is 1.44. The highest BCUT2D eigenvalue weighted by Crippen LogP contribution is 2.30. The van der Waals surface area contributed by atoms with E-state index >= 15 is 0 Å². The lowest BCUT2D eigenvalue weighted by atomic mass is 9.93. The van der Waals surface area contributed by atoms with Crippen LogP contribution in [0.2, 0.25) is 0 Å². The fourth-order valence-electron chi connectivity index (χ4n) is 4.07. The maximum absolute atomic E-state index is 12.9. The van der Waals surface area contributed by atoms with Crippen molar-refractivity contribution in [3.63, 3.8) is 0 Å². The average molecular weight is 434 g/mol. The molecule has 2 fully saturated rings. The summed E-state index contributed by atoms with van der Waals surface area (Å²) >= 11 is 0. The van der Waals surface area contributed by atoms with Gasteiger partial charge >= 0.3 is 0 Å². The normalized spacial score (nSPS) is 20.9. The molecule has 0 aliphatic carbocycles. The second kappa shape index (κ2) is 9.23. The Morgan fingerprint density at radius 1 is 1.20 bits per heavy atom. The first kappa shape index (κ1) is 21.0. The van der Waals surface area contributed by atoms with Crippen molar-refractivity contribution >= 4 is 15.9 Å². The predicted molar refractivity (Wildman–Crippen MR) is 111 cm³/mol. The summed E-state index contributed by atoms with van der Waals surface area (Å²) in [5.74, 6) is -0.0802. The van der Waals surface area contributed by atoms with E-state index in [4.69, 9.17) is 4.74 Å². The van der Waals surface area contributed by atoms with Crippen LogP contribution in [0.15, 0.2) is 30.7 Å². The van der Waals surface area contributed by atoms with E-state index in [1.54, 1.807) is 27.8 Å². The summed E-state index contributed by atoms with van der Waals surface area (Å²) in [6, 6.07) is 3.67. The molecule has 4 heterocycles. The third-order valence-corrected chi connectivity index (χ3v) is 7.62. The second-order valence-corrected chi connectivity index (χ2v) is 9.81. The molecule has 0 spiro atoms. The van der Waals surface area contributed by atoms with Gasteiger partial charge in [-0.3, -0.25) is 14.9 Å². The fraction of sp³-hybridized carbons (Fsp3) is 0.550. The van der Waals surface area contributed by atoms with Crippen LogP contribution in [0.5, 0.6) is 0 Å². The van der Waals surface area contributed by atoms with E-state index in [9.17, 15) is 13.2 Å². The van der Waals surface area contributed by atoms with E-state index in [-0.39, 0.29) is 17.6 Å². The molecule has 2 aliphatic rings. The molecule has 2 aliphatic heterocycles. The van der Waals surface area contributed by atoms with Crippen LogP contribution in [0, 0.1) is 0 Å². The van der Waals surface area contributed by atoms with Crippen LogP contribution in [0.25, 0.3) is 0 Å². The largest absolute Gasteiger partial charge is 0.378 e. The highest BCUT2D eigenvalue weighted by molar-refractivity contribution is 7.89. The smallest absolute Gasteiger partial charge is 0.257 e. The molecule has 1 N–H and O–H groups in total. The number of aryl methyl sites for hydroxylation is 1. The second-order valence-electron chi connectivity index (χ2n) is 7.72. The highest BCUT2D eigenvalue weighted by Gasteiger charge is 2.33. The molecule has 0 saturated carbocycles. The number of hydrogen-bond acceptors (Lipinski definition) is 6. The summed E-state index contributed by atoms with van der Waals surface area (Å²) in [5, 5.41) is 7.07. The standard InChI is InChI=1S/C20H27N5O4S/c26-20(24-9-11-29-12-10-24)18-14-22-23-19(18)17-2-1-8-25(15-17)30(27,28)13-5-16-3-6-21-7-4-16/h3-4,6-7,14,17H,1-2,5,8-13,15H2,(H,22,23). The zero-order valence-corrected chi connectivity index (χ0v) is 17.7. The zero-order chi connectivity index (χ0) is 21.0. The monoisotopic (exact) mass is 433 g/mol. The lowest BCUT2D eigenvalue weighted by Crippen LogP contribution is -2.42. The molecule has 0 aromatic carbocycles. The highest BCUT2D eigenvalue weighted by atomic mass is 32.2. The third kappa shape index (κ3) is 4.71. The Morgan fingerprint density at radius 3 is 2.73 bits per heavy atom. The van der Waals surface area contributed by atoms with E-state index in [1.807, 2.05) is 12.1 Å². The molecule has 0 radical (unpaired) electrons. The molecule has 162 valence electrons. The van der Waals surface area contributed by atoms with Crippen LogP contribution in [0.3, 0.4) is 0 Å². The molecule has 1 unspecified atom stereocenters. The quantitative estimate of drug-likeness (QED) is 0.729. The number of hydrogen-bond donors (Lipinski definition) is 1. The van der Waals surface area contributed by atoms with Gasteiger partial charge in [-0.25, -0.2) is 12.7 Å². The number of nitrogens with one attached hydrogen (secondary N) is 1. The number of aromatic amines is 1. The number of piperidine rings is 1. The molecule has 0 bridgehead atoms. The Bertz CT molecular complexity index is 957. The molecule has 1 amide bonds. The van der Waals surface area contributed by atoms with Crippen LogP contribution in [0.4, 0.5) is 0 Å². The summed E-state index contributed by atoms with van der Waals surface area (Å²) in [6.07, 6.45) is 6.93. The van der Waals surface area contributed by atoms with Gasteiger partial charge in [-0.15, -0.1) is 0 Å². The first-order valence-electron chi connectivity index (χ1n) is 10.3. The van der Waals surface area contributed by atoms with Gasteiger partial charge in [0.15, 0.2) is 0 Å². The minimum Gasteiger partial charge on any atom is -0.378 e. The van der Waals surface area contributed by atoms with Gasteiger partial charge in [0.25, 0.3) is 5.91 Å². The SMILES string of the molecule is O=C(c1cn[nH]c1C1CCCN(S(=O)(=O)CCc2ccncc2)C1)N1CCOCC1. The number of ether oxygens (including phenoxy) is 1. The molecule has 4 rings (SSSR count). The first-order chi connectivity index (χ1) is 14.5. The molecule has 10 heteroatoms. The zero-order valence-electron chi connectivity index (χ0n) is 16.9. The lowest BCUT2D eigenvalue weighted by molar-refractivity contribution is 0.0301. The van der Waals surface area contributed by atoms with E-state index in [0.717, 1.165) is 24.1 Å². The third-order valence-electron chi connectivity index (χ3n) is 5.78. The van der Waals surface area contributed by atoms with Crippen LogP contribution in [-0.4, -0.2) is 83.9 Å². The Kier molecular flexibility index (Phi) is 6.45. The number of sulfonamides is 1. The first-order valence-corrected chi connectivity index (χ1v) is 11.9. The minimum atomic E-state index is -3.39. The molecule has 30 heavy (non-hydrogen) atoms. The van der Waals surface area contributed by atoms with Crippen molar-refractivity contribution in [3.8, 4) is 0 Å². The van der Waals surface area contributed by atoms with Crippen molar-refractivity contribution in [1.29, 1.82) is 0 Å². The molecular weight excluding hydrogens is 406 g/mol. The summed E-state index contributed by atoms with van der Waals surface area (Å²) in [4.78, 5) is 18.7. The van der Waals surface area contributed by atoms with Crippen LogP contribution in [-0.2, 0) is 21.2 Å². The molecule has 2 aromatic heterocycles. The lowest BCUT2D eigenvalue weighted by Gasteiger charge is -2.32. The number of aromatic nitrogens is 3. The predicted octanol–water partition coefficient (Wildman–Crippen LogP) is 1.03. The van der Waals surface area contributed by atoms with Gasteiger partial charge in [0, 0.05) is 44.5 Å². The topological polar surface area (TPSA) is 108 Å². The fourth-order valence-corrected chi connectivity index (χ4v) is 5.64. The number of amides is 1. The summed E-state index contributed by atoms with van der Waals surface area (Å²) in [7, 11) is -3.39. The van der Waals surface area contributed by atoms with E-state index in [1.165, 1.54) is 0 Å². The average Bonchev–Trinajstić information content (AvgIpc) is 3.29. The number of carbonyl (C=O) groups excluding carboxylic acids is 1. The molecule has 9 nitrogen and oxygen atoms in total. The number of pyridine rings is 1. The van der Waals surface area contributed by atoms with E-state index in [0.29, 0.717) is 51.4 Å². The Morgan fingerprint density at radius 2 is 1.97 bits per heavy atom. The van der Waals surface area contributed by atoms with E-state index < -0.39 is 10.0 Å². The number of morpholine rings is 1. The van der Waals surface area contributed by atoms with Gasteiger partial charge in [-0.1, -0.05) is 0 Å². The number of nitrogens with zero attached hydrogens (tertiary/aromatic N) is 4. The van der Waals surface area contributed by atoms with Crippen LogP contribution < -0.4 is 0 Å². The minimum absolute atomic E-state index is 0.0618.